The maximum atomic E-state index is 11.5. The van der Waals surface area contributed by atoms with Crippen molar-refractivity contribution in [1.29, 1.82) is 5.26 Å². The Hall–Kier alpha value is -1.87. The topological polar surface area (TPSA) is 74.2 Å². The number of anilines is 1. The number of rotatable bonds is 7. The van der Waals surface area contributed by atoms with E-state index in [2.05, 4.69) is 23.6 Å². The predicted octanol–water partition coefficient (Wildman–Crippen LogP) is 4.00. The Bertz CT molecular complexity index is 562. The number of alkyl carbamates (subject to hydrolysis) is 1. The fourth-order valence-corrected chi connectivity index (χ4v) is 2.67. The summed E-state index contributed by atoms with van der Waals surface area (Å²) in [6, 6.07) is 8.07. The van der Waals surface area contributed by atoms with Crippen molar-refractivity contribution >= 4 is 23.5 Å². The van der Waals surface area contributed by atoms with Crippen LogP contribution in [0.25, 0.3) is 0 Å². The van der Waals surface area contributed by atoms with Crippen LogP contribution in [0, 0.1) is 11.3 Å². The highest BCUT2D eigenvalue weighted by Crippen LogP contribution is 2.27. The van der Waals surface area contributed by atoms with Crippen molar-refractivity contribution in [2.75, 3.05) is 24.2 Å². The van der Waals surface area contributed by atoms with Crippen molar-refractivity contribution in [3.8, 4) is 6.07 Å². The molecule has 0 aliphatic heterocycles. The van der Waals surface area contributed by atoms with Gasteiger partial charge in [-0.05, 0) is 45.1 Å². The van der Waals surface area contributed by atoms with Gasteiger partial charge in [0.25, 0.3) is 0 Å². The average Bonchev–Trinajstić information content (AvgIpc) is 2.45. The summed E-state index contributed by atoms with van der Waals surface area (Å²) in [7, 11) is 0. The van der Waals surface area contributed by atoms with E-state index < -0.39 is 11.7 Å². The third-order valence-electron chi connectivity index (χ3n) is 2.78. The van der Waals surface area contributed by atoms with Crippen LogP contribution in [0.5, 0.6) is 0 Å². The van der Waals surface area contributed by atoms with Gasteiger partial charge in [0.2, 0.25) is 0 Å². The van der Waals surface area contributed by atoms with Gasteiger partial charge in [0.05, 0.1) is 11.3 Å². The minimum atomic E-state index is -0.485. The number of nitrogens with zero attached hydrogens (tertiary/aromatic N) is 1. The molecule has 0 fully saturated rings. The second-order valence-corrected chi connectivity index (χ2v) is 7.24. The minimum Gasteiger partial charge on any atom is -0.444 e. The maximum absolute atomic E-state index is 11.5. The van der Waals surface area contributed by atoms with Crippen LogP contribution in [0.2, 0.25) is 0 Å². The van der Waals surface area contributed by atoms with Crippen LogP contribution < -0.4 is 10.6 Å². The number of nitrogens with one attached hydrogen (secondary N) is 2. The first-order chi connectivity index (χ1) is 10.9. The van der Waals surface area contributed by atoms with E-state index >= 15 is 0 Å². The molecule has 0 unspecified atom stereocenters. The highest BCUT2D eigenvalue weighted by atomic mass is 32.2. The van der Waals surface area contributed by atoms with E-state index in [1.54, 1.807) is 11.8 Å². The van der Waals surface area contributed by atoms with Gasteiger partial charge >= 0.3 is 6.09 Å². The smallest absolute Gasteiger partial charge is 0.407 e. The van der Waals surface area contributed by atoms with Crippen LogP contribution in [0.1, 0.15) is 39.7 Å². The van der Waals surface area contributed by atoms with E-state index in [0.717, 1.165) is 22.8 Å². The summed E-state index contributed by atoms with van der Waals surface area (Å²) < 4.78 is 5.17. The molecule has 0 radical (unpaired) electrons. The fraction of sp³-hybridized carbons (Fsp3) is 0.529. The molecule has 0 aromatic heterocycles. The standard InChI is InChI=1S/C17H25N3O2S/c1-5-23-15-9-6-8-14(13(15)12-18)19-10-7-11-20-16(21)22-17(2,3)4/h6,8-9,19H,5,7,10-11H2,1-4H3,(H,20,21). The minimum absolute atomic E-state index is 0.406. The lowest BCUT2D eigenvalue weighted by molar-refractivity contribution is 0.0528. The largest absolute Gasteiger partial charge is 0.444 e. The third kappa shape index (κ3) is 7.29. The monoisotopic (exact) mass is 335 g/mol. The van der Waals surface area contributed by atoms with Crippen LogP contribution in [0.3, 0.4) is 0 Å². The summed E-state index contributed by atoms with van der Waals surface area (Å²) in [5.74, 6) is 0.929. The van der Waals surface area contributed by atoms with Gasteiger partial charge in [-0.25, -0.2) is 4.79 Å². The molecule has 0 heterocycles. The molecule has 1 rings (SSSR count). The Morgan fingerprint density at radius 1 is 1.35 bits per heavy atom. The Kier molecular flexibility index (Phi) is 7.76. The van der Waals surface area contributed by atoms with Crippen molar-refractivity contribution in [2.24, 2.45) is 0 Å². The summed E-state index contributed by atoms with van der Waals surface area (Å²) in [6.07, 6.45) is 0.339. The van der Waals surface area contributed by atoms with Crippen LogP contribution in [0.15, 0.2) is 23.1 Å². The van der Waals surface area contributed by atoms with Crippen molar-refractivity contribution in [2.45, 2.75) is 44.6 Å². The van der Waals surface area contributed by atoms with Gasteiger partial charge in [-0.1, -0.05) is 13.0 Å². The highest BCUT2D eigenvalue weighted by molar-refractivity contribution is 7.99. The van der Waals surface area contributed by atoms with Crippen LogP contribution >= 0.6 is 11.8 Å². The number of benzene rings is 1. The number of carbonyl (C=O) groups is 1. The molecule has 1 amide bonds. The number of amides is 1. The molecule has 0 aliphatic carbocycles. The van der Waals surface area contributed by atoms with Crippen molar-refractivity contribution in [1.82, 2.24) is 5.32 Å². The van der Waals surface area contributed by atoms with E-state index in [0.29, 0.717) is 18.7 Å². The molecule has 0 aliphatic rings. The SMILES string of the molecule is CCSc1cccc(NCCCNC(=O)OC(C)(C)C)c1C#N. The van der Waals surface area contributed by atoms with Crippen LogP contribution in [-0.2, 0) is 4.74 Å². The zero-order chi connectivity index (χ0) is 17.3. The molecule has 1 aromatic rings. The van der Waals surface area contributed by atoms with Crippen LogP contribution in [0.4, 0.5) is 10.5 Å². The summed E-state index contributed by atoms with van der Waals surface area (Å²) in [5, 5.41) is 15.3. The molecular formula is C17H25N3O2S. The molecule has 126 valence electrons. The first kappa shape index (κ1) is 19.2. The molecule has 23 heavy (non-hydrogen) atoms. The first-order valence-electron chi connectivity index (χ1n) is 7.74. The molecule has 0 atom stereocenters. The number of carbonyl (C=O) groups excluding carboxylic acids is 1. The molecule has 5 nitrogen and oxygen atoms in total. The first-order valence-corrected chi connectivity index (χ1v) is 8.72. The van der Waals surface area contributed by atoms with Gasteiger partial charge in [0.15, 0.2) is 0 Å². The third-order valence-corrected chi connectivity index (χ3v) is 3.71. The second kappa shape index (κ2) is 9.31. The Morgan fingerprint density at radius 2 is 2.09 bits per heavy atom. The number of ether oxygens (including phenoxy) is 1. The highest BCUT2D eigenvalue weighted by Gasteiger charge is 2.15. The maximum Gasteiger partial charge on any atom is 0.407 e. The lowest BCUT2D eigenvalue weighted by Crippen LogP contribution is -2.33. The Morgan fingerprint density at radius 3 is 2.70 bits per heavy atom. The zero-order valence-electron chi connectivity index (χ0n) is 14.2. The molecular weight excluding hydrogens is 310 g/mol. The number of hydrogen-bond acceptors (Lipinski definition) is 5. The fourth-order valence-electron chi connectivity index (χ4n) is 1.89. The molecule has 0 saturated heterocycles. The van der Waals surface area contributed by atoms with Crippen molar-refractivity contribution < 1.29 is 9.53 Å². The molecule has 0 spiro atoms. The summed E-state index contributed by atoms with van der Waals surface area (Å²) in [6.45, 7) is 8.75. The lowest BCUT2D eigenvalue weighted by atomic mass is 10.2. The number of thioether (sulfide) groups is 1. The van der Waals surface area contributed by atoms with Gasteiger partial charge in [-0.3, -0.25) is 0 Å². The van der Waals surface area contributed by atoms with Gasteiger partial charge in [-0.15, -0.1) is 11.8 Å². The molecule has 2 N–H and O–H groups in total. The van der Waals surface area contributed by atoms with Gasteiger partial charge in [0, 0.05) is 18.0 Å². The average molecular weight is 335 g/mol. The zero-order valence-corrected chi connectivity index (χ0v) is 15.0. The molecule has 1 aromatic carbocycles. The van der Waals surface area contributed by atoms with Gasteiger partial charge in [-0.2, -0.15) is 5.26 Å². The van der Waals surface area contributed by atoms with E-state index in [-0.39, 0.29) is 0 Å². The normalized spacial score (nSPS) is 10.7. The van der Waals surface area contributed by atoms with E-state index in [1.165, 1.54) is 0 Å². The number of hydrogen-bond donors (Lipinski definition) is 2. The quantitative estimate of drug-likeness (QED) is 0.582. The van der Waals surface area contributed by atoms with E-state index in [4.69, 9.17) is 4.74 Å². The van der Waals surface area contributed by atoms with Gasteiger partial charge in [0.1, 0.15) is 11.7 Å². The molecule has 6 heteroatoms. The van der Waals surface area contributed by atoms with E-state index in [9.17, 15) is 10.1 Å². The van der Waals surface area contributed by atoms with Gasteiger partial charge < -0.3 is 15.4 Å². The molecule has 0 saturated carbocycles. The molecule has 0 bridgehead atoms. The number of nitriles is 1. The van der Waals surface area contributed by atoms with Crippen LogP contribution in [-0.4, -0.2) is 30.5 Å². The summed E-state index contributed by atoms with van der Waals surface area (Å²) in [5.41, 5.74) is 1.03. The Balaban J connectivity index is 2.41. The summed E-state index contributed by atoms with van der Waals surface area (Å²) in [4.78, 5) is 12.5. The van der Waals surface area contributed by atoms with E-state index in [1.807, 2.05) is 39.0 Å². The predicted molar refractivity (Wildman–Crippen MR) is 94.9 cm³/mol. The summed E-state index contributed by atoms with van der Waals surface area (Å²) >= 11 is 1.66. The van der Waals surface area contributed by atoms with Crippen molar-refractivity contribution in [3.63, 3.8) is 0 Å². The second-order valence-electron chi connectivity index (χ2n) is 5.93. The van der Waals surface area contributed by atoms with Crippen molar-refractivity contribution in [3.05, 3.63) is 23.8 Å². The lowest BCUT2D eigenvalue weighted by Gasteiger charge is -2.19. The Labute approximate surface area is 142 Å².